The summed E-state index contributed by atoms with van der Waals surface area (Å²) in [5, 5.41) is 3.68. The van der Waals surface area contributed by atoms with Crippen LogP contribution in [0.5, 0.6) is 0 Å². The molecule has 126 valence electrons. The van der Waals surface area contributed by atoms with Crippen LogP contribution in [-0.2, 0) is 4.74 Å². The lowest BCUT2D eigenvalue weighted by Crippen LogP contribution is -2.38. The van der Waals surface area contributed by atoms with Gasteiger partial charge in [-0.2, -0.15) is 0 Å². The van der Waals surface area contributed by atoms with E-state index in [0.29, 0.717) is 6.04 Å². The first-order valence-electron chi connectivity index (χ1n) is 8.58. The predicted octanol–water partition coefficient (Wildman–Crippen LogP) is 3.66. The maximum Gasteiger partial charge on any atom is 0.410 e. The van der Waals surface area contributed by atoms with E-state index in [0.717, 1.165) is 32.5 Å². The number of amides is 1. The number of rotatable bonds is 1. The molecule has 4 heteroatoms. The molecule has 2 heterocycles. The van der Waals surface area contributed by atoms with Crippen LogP contribution in [0, 0.1) is 12.3 Å². The van der Waals surface area contributed by atoms with Crippen LogP contribution in [0.3, 0.4) is 0 Å². The van der Waals surface area contributed by atoms with Crippen molar-refractivity contribution in [3.05, 3.63) is 35.4 Å². The molecule has 0 radical (unpaired) electrons. The van der Waals surface area contributed by atoms with Gasteiger partial charge in [0.1, 0.15) is 5.60 Å². The normalized spacial score (nSPS) is 27.7. The molecule has 3 rings (SSSR count). The predicted molar refractivity (Wildman–Crippen MR) is 91.4 cm³/mol. The summed E-state index contributed by atoms with van der Waals surface area (Å²) in [5.41, 5.74) is 2.40. The average Bonchev–Trinajstić information content (AvgIpc) is 3.06. The molecular formula is C19H28N2O2. The number of hydrogen-bond donors (Lipinski definition) is 1. The molecule has 2 atom stereocenters. The van der Waals surface area contributed by atoms with Crippen molar-refractivity contribution in [3.8, 4) is 0 Å². The summed E-state index contributed by atoms with van der Waals surface area (Å²) in [6.07, 6.45) is 1.98. The second-order valence-electron chi connectivity index (χ2n) is 8.01. The third-order valence-electron chi connectivity index (χ3n) is 5.12. The first-order valence-corrected chi connectivity index (χ1v) is 8.58. The highest BCUT2D eigenvalue weighted by atomic mass is 16.6. The van der Waals surface area contributed by atoms with Crippen molar-refractivity contribution in [3.63, 3.8) is 0 Å². The van der Waals surface area contributed by atoms with E-state index in [1.807, 2.05) is 25.7 Å². The molecule has 0 saturated carbocycles. The number of carbonyl (C=O) groups is 1. The van der Waals surface area contributed by atoms with E-state index < -0.39 is 5.60 Å². The van der Waals surface area contributed by atoms with Crippen LogP contribution in [0.4, 0.5) is 4.79 Å². The lowest BCUT2D eigenvalue weighted by Gasteiger charge is -2.32. The van der Waals surface area contributed by atoms with E-state index in [9.17, 15) is 4.79 Å². The van der Waals surface area contributed by atoms with E-state index >= 15 is 0 Å². The number of ether oxygens (including phenoxy) is 1. The second kappa shape index (κ2) is 5.82. The lowest BCUT2D eigenvalue weighted by molar-refractivity contribution is 0.0269. The molecule has 0 bridgehead atoms. The van der Waals surface area contributed by atoms with Gasteiger partial charge in [-0.15, -0.1) is 0 Å². The topological polar surface area (TPSA) is 41.6 Å². The summed E-state index contributed by atoms with van der Waals surface area (Å²) in [7, 11) is 0. The number of nitrogens with one attached hydrogen (secondary N) is 1. The van der Waals surface area contributed by atoms with Crippen molar-refractivity contribution in [1.82, 2.24) is 10.2 Å². The molecule has 1 spiro atoms. The van der Waals surface area contributed by atoms with Gasteiger partial charge in [0.2, 0.25) is 0 Å². The van der Waals surface area contributed by atoms with E-state index in [-0.39, 0.29) is 11.5 Å². The molecule has 2 aliphatic heterocycles. The average molecular weight is 316 g/mol. The molecule has 0 aliphatic carbocycles. The van der Waals surface area contributed by atoms with E-state index in [2.05, 4.69) is 36.5 Å². The van der Waals surface area contributed by atoms with Gasteiger partial charge in [0.05, 0.1) is 0 Å². The summed E-state index contributed by atoms with van der Waals surface area (Å²) in [5.74, 6) is 0. The summed E-state index contributed by atoms with van der Waals surface area (Å²) in [4.78, 5) is 14.3. The molecule has 2 unspecified atom stereocenters. The largest absolute Gasteiger partial charge is 0.444 e. The smallest absolute Gasteiger partial charge is 0.410 e. The van der Waals surface area contributed by atoms with Gasteiger partial charge in [-0.05, 0) is 58.2 Å². The minimum atomic E-state index is -0.434. The number of carbonyl (C=O) groups excluding carboxylic acids is 1. The van der Waals surface area contributed by atoms with Crippen LogP contribution in [0.2, 0.25) is 0 Å². The van der Waals surface area contributed by atoms with Crippen LogP contribution in [0.25, 0.3) is 0 Å². The molecule has 1 aromatic rings. The monoisotopic (exact) mass is 316 g/mol. The highest BCUT2D eigenvalue weighted by Crippen LogP contribution is 2.48. The first-order chi connectivity index (χ1) is 10.8. The molecular weight excluding hydrogens is 288 g/mol. The fraction of sp³-hybridized carbons (Fsp3) is 0.632. The van der Waals surface area contributed by atoms with Gasteiger partial charge in [-0.1, -0.05) is 24.3 Å². The molecule has 23 heavy (non-hydrogen) atoms. The quantitative estimate of drug-likeness (QED) is 0.860. The van der Waals surface area contributed by atoms with Crippen LogP contribution >= 0.6 is 0 Å². The van der Waals surface area contributed by atoms with E-state index in [1.165, 1.54) is 11.1 Å². The number of benzene rings is 1. The van der Waals surface area contributed by atoms with Crippen molar-refractivity contribution >= 4 is 6.09 Å². The second-order valence-corrected chi connectivity index (χ2v) is 8.01. The van der Waals surface area contributed by atoms with Crippen LogP contribution in [0.15, 0.2) is 24.3 Å². The van der Waals surface area contributed by atoms with Gasteiger partial charge < -0.3 is 15.0 Å². The van der Waals surface area contributed by atoms with Gasteiger partial charge in [-0.3, -0.25) is 0 Å². The Morgan fingerprint density at radius 3 is 2.74 bits per heavy atom. The SMILES string of the molecule is Cc1ccccc1C1NCCC12CCN(C(=O)OC(C)(C)C)C2. The molecule has 1 amide bonds. The maximum absolute atomic E-state index is 12.4. The maximum atomic E-state index is 12.4. The summed E-state index contributed by atoms with van der Waals surface area (Å²) in [6.45, 7) is 10.5. The van der Waals surface area contributed by atoms with Crippen molar-refractivity contribution in [2.45, 2.75) is 52.2 Å². The number of nitrogens with zero attached hydrogens (tertiary/aromatic N) is 1. The van der Waals surface area contributed by atoms with Crippen molar-refractivity contribution < 1.29 is 9.53 Å². The summed E-state index contributed by atoms with van der Waals surface area (Å²) < 4.78 is 5.56. The summed E-state index contributed by atoms with van der Waals surface area (Å²) in [6, 6.07) is 8.91. The van der Waals surface area contributed by atoms with Gasteiger partial charge >= 0.3 is 6.09 Å². The standard InChI is InChI=1S/C19H28N2O2/c1-14-7-5-6-8-15(14)16-19(9-11-20-16)10-12-21(13-19)17(22)23-18(2,3)4/h5-8,16,20H,9-13H2,1-4H3. The Morgan fingerprint density at radius 1 is 1.30 bits per heavy atom. The van der Waals surface area contributed by atoms with Gasteiger partial charge in [0.25, 0.3) is 0 Å². The van der Waals surface area contributed by atoms with Gasteiger partial charge in [0.15, 0.2) is 0 Å². The zero-order valence-corrected chi connectivity index (χ0v) is 14.7. The molecule has 2 saturated heterocycles. The Bertz CT molecular complexity index is 593. The first kappa shape index (κ1) is 16.3. The molecule has 1 aromatic carbocycles. The van der Waals surface area contributed by atoms with Crippen LogP contribution in [-0.4, -0.2) is 36.2 Å². The Morgan fingerprint density at radius 2 is 2.04 bits per heavy atom. The van der Waals surface area contributed by atoms with Crippen molar-refractivity contribution in [1.29, 1.82) is 0 Å². The number of likely N-dealkylation sites (tertiary alicyclic amines) is 1. The van der Waals surface area contributed by atoms with Crippen molar-refractivity contribution in [2.24, 2.45) is 5.41 Å². The van der Waals surface area contributed by atoms with E-state index in [1.54, 1.807) is 0 Å². The molecule has 1 N–H and O–H groups in total. The third kappa shape index (κ3) is 3.23. The van der Waals surface area contributed by atoms with E-state index in [4.69, 9.17) is 4.74 Å². The van der Waals surface area contributed by atoms with Crippen molar-refractivity contribution in [2.75, 3.05) is 19.6 Å². The Balaban J connectivity index is 1.78. The number of hydrogen-bond acceptors (Lipinski definition) is 3. The Labute approximate surface area is 139 Å². The number of aryl methyl sites for hydroxylation is 1. The van der Waals surface area contributed by atoms with Gasteiger partial charge in [0, 0.05) is 24.5 Å². The molecule has 2 aliphatic rings. The highest BCUT2D eigenvalue weighted by Gasteiger charge is 2.49. The zero-order chi connectivity index (χ0) is 16.7. The fourth-order valence-corrected chi connectivity index (χ4v) is 3.99. The highest BCUT2D eigenvalue weighted by molar-refractivity contribution is 5.68. The van der Waals surface area contributed by atoms with Gasteiger partial charge in [-0.25, -0.2) is 4.79 Å². The minimum absolute atomic E-state index is 0.142. The zero-order valence-electron chi connectivity index (χ0n) is 14.7. The summed E-state index contributed by atoms with van der Waals surface area (Å²) >= 11 is 0. The lowest BCUT2D eigenvalue weighted by atomic mass is 9.76. The third-order valence-corrected chi connectivity index (χ3v) is 5.12. The Hall–Kier alpha value is -1.55. The molecule has 2 fully saturated rings. The van der Waals surface area contributed by atoms with Crippen LogP contribution in [0.1, 0.15) is 50.8 Å². The molecule has 4 nitrogen and oxygen atoms in total. The van der Waals surface area contributed by atoms with Crippen LogP contribution < -0.4 is 5.32 Å². The molecule has 0 aromatic heterocycles. The minimum Gasteiger partial charge on any atom is -0.444 e. The Kier molecular flexibility index (Phi) is 4.13. The fourth-order valence-electron chi connectivity index (χ4n) is 3.99.